The molecule has 0 radical (unpaired) electrons. The fraction of sp³-hybridized carbons (Fsp3) is 0.381. The smallest absolute Gasteiger partial charge is 0.143 e. The van der Waals surface area contributed by atoms with Crippen LogP contribution in [0.15, 0.2) is 77.2 Å². The molecule has 6 rings (SSSR count). The molecular formula is C42H48OS. The van der Waals surface area contributed by atoms with Crippen molar-refractivity contribution in [3.8, 4) is 0 Å². The summed E-state index contributed by atoms with van der Waals surface area (Å²) in [5.41, 5.74) is 4.50. The van der Waals surface area contributed by atoms with E-state index in [1.165, 1.54) is 136 Å². The average molecular weight is 601 g/mol. The predicted octanol–water partition coefficient (Wildman–Crippen LogP) is 14.6. The molecule has 0 amide bonds. The summed E-state index contributed by atoms with van der Waals surface area (Å²) in [6.07, 6.45) is 27.7. The fourth-order valence-electron chi connectivity index (χ4n) is 6.64. The largest absolute Gasteiger partial charge is 0.455 e. The van der Waals surface area contributed by atoms with Crippen LogP contribution in [0.4, 0.5) is 0 Å². The Morgan fingerprint density at radius 2 is 1.02 bits per heavy atom. The summed E-state index contributed by atoms with van der Waals surface area (Å²) in [6.45, 7) is 4.56. The first kappa shape index (κ1) is 30.7. The van der Waals surface area contributed by atoms with Crippen LogP contribution in [-0.4, -0.2) is 0 Å². The average Bonchev–Trinajstić information content (AvgIpc) is 3.61. The molecule has 2 heterocycles. The summed E-state index contributed by atoms with van der Waals surface area (Å²) in [4.78, 5) is 0. The number of unbranched alkanes of at least 4 members (excludes halogenated alkanes) is 12. The topological polar surface area (TPSA) is 13.1 Å². The second kappa shape index (κ2) is 15.1. The third kappa shape index (κ3) is 6.97. The van der Waals surface area contributed by atoms with Gasteiger partial charge in [-0.1, -0.05) is 133 Å². The van der Waals surface area contributed by atoms with Crippen LogP contribution in [0.25, 0.3) is 65.0 Å². The first-order chi connectivity index (χ1) is 21.8. The van der Waals surface area contributed by atoms with E-state index >= 15 is 0 Å². The maximum Gasteiger partial charge on any atom is 0.143 e. The zero-order chi connectivity index (χ0) is 30.1. The molecule has 1 nitrogen and oxygen atoms in total. The molecule has 0 spiro atoms. The van der Waals surface area contributed by atoms with Crippen molar-refractivity contribution in [2.45, 2.75) is 104 Å². The van der Waals surface area contributed by atoms with Gasteiger partial charge in [0.05, 0.1) is 0 Å². The van der Waals surface area contributed by atoms with E-state index in [-0.39, 0.29) is 0 Å². The molecule has 6 aromatic rings. The molecule has 0 saturated heterocycles. The SMILES string of the molecule is CCCCCCCC/C=C/c1ccc2c(c1)oc1c2ccc2c1ccc1c3ccc(/C=C/CCCCCCCC)cc3sc12. The molecular weight excluding hydrogens is 553 g/mol. The molecule has 0 bridgehead atoms. The summed E-state index contributed by atoms with van der Waals surface area (Å²) >= 11 is 1.91. The van der Waals surface area contributed by atoms with E-state index in [2.05, 4.69) is 98.8 Å². The Kier molecular flexibility index (Phi) is 10.5. The van der Waals surface area contributed by atoms with Gasteiger partial charge in [-0.25, -0.2) is 0 Å². The number of rotatable bonds is 16. The van der Waals surface area contributed by atoms with Crippen LogP contribution in [0, 0.1) is 0 Å². The van der Waals surface area contributed by atoms with E-state index in [9.17, 15) is 0 Å². The Morgan fingerprint density at radius 3 is 1.68 bits per heavy atom. The van der Waals surface area contributed by atoms with Crippen LogP contribution in [0.3, 0.4) is 0 Å². The standard InChI is InChI=1S/C42H48OS/c1-3-5-7-9-11-13-15-17-19-31-21-23-33-35-25-28-38-36(41(35)43-39(33)29-31)26-27-37-34-24-22-32(30-40(34)44-42(37)38)20-18-16-14-12-10-8-6-4-2/h17-30H,3-16H2,1-2H3/b19-17+,20-18+. The molecule has 0 aliphatic carbocycles. The number of fused-ring (bicyclic) bond motifs is 9. The number of hydrogen-bond acceptors (Lipinski definition) is 2. The Balaban J connectivity index is 1.20. The minimum absolute atomic E-state index is 0.975. The van der Waals surface area contributed by atoms with Crippen LogP contribution in [0.5, 0.6) is 0 Å². The van der Waals surface area contributed by atoms with Crippen LogP contribution in [0.2, 0.25) is 0 Å². The highest BCUT2D eigenvalue weighted by Crippen LogP contribution is 2.42. The third-order valence-electron chi connectivity index (χ3n) is 9.19. The Labute approximate surface area is 267 Å². The lowest BCUT2D eigenvalue weighted by Crippen LogP contribution is -1.78. The maximum absolute atomic E-state index is 6.58. The van der Waals surface area contributed by atoms with Gasteiger partial charge in [0, 0.05) is 41.7 Å². The monoisotopic (exact) mass is 600 g/mol. The lowest BCUT2D eigenvalue weighted by atomic mass is 10.0. The van der Waals surface area contributed by atoms with E-state index in [1.54, 1.807) is 0 Å². The predicted molar refractivity (Wildman–Crippen MR) is 198 cm³/mol. The molecule has 0 unspecified atom stereocenters. The first-order valence-electron chi connectivity index (χ1n) is 17.3. The summed E-state index contributed by atoms with van der Waals surface area (Å²) in [7, 11) is 0. The van der Waals surface area contributed by atoms with Crippen molar-refractivity contribution in [1.82, 2.24) is 0 Å². The molecule has 0 atom stereocenters. The van der Waals surface area contributed by atoms with Crippen molar-refractivity contribution in [3.63, 3.8) is 0 Å². The minimum atomic E-state index is 0.975. The van der Waals surface area contributed by atoms with Gasteiger partial charge in [0.15, 0.2) is 0 Å². The summed E-state index contributed by atoms with van der Waals surface area (Å²) in [5.74, 6) is 0. The second-order valence-electron chi connectivity index (χ2n) is 12.6. The van der Waals surface area contributed by atoms with E-state index in [0.717, 1.165) is 17.6 Å². The van der Waals surface area contributed by atoms with E-state index < -0.39 is 0 Å². The summed E-state index contributed by atoms with van der Waals surface area (Å²) in [6, 6.07) is 22.8. The van der Waals surface area contributed by atoms with Crippen LogP contribution in [0.1, 0.15) is 115 Å². The number of benzene rings is 4. The first-order valence-corrected chi connectivity index (χ1v) is 18.2. The number of allylic oxidation sites excluding steroid dienone is 2. The molecule has 228 valence electrons. The maximum atomic E-state index is 6.58. The van der Waals surface area contributed by atoms with E-state index in [0.29, 0.717) is 0 Å². The lowest BCUT2D eigenvalue weighted by Gasteiger charge is -2.01. The molecule has 0 N–H and O–H groups in total. The highest BCUT2D eigenvalue weighted by molar-refractivity contribution is 7.26. The highest BCUT2D eigenvalue weighted by atomic mass is 32.1. The van der Waals surface area contributed by atoms with Crippen molar-refractivity contribution in [2.75, 3.05) is 0 Å². The van der Waals surface area contributed by atoms with E-state index in [1.807, 2.05) is 11.3 Å². The number of thiophene rings is 1. The highest BCUT2D eigenvalue weighted by Gasteiger charge is 2.14. The van der Waals surface area contributed by atoms with Crippen molar-refractivity contribution in [2.24, 2.45) is 0 Å². The quantitative estimate of drug-likeness (QED) is 0.101. The summed E-state index contributed by atoms with van der Waals surface area (Å²) in [5, 5.41) is 7.58. The van der Waals surface area contributed by atoms with Gasteiger partial charge in [-0.15, -0.1) is 11.3 Å². The normalized spacial score (nSPS) is 12.5. The van der Waals surface area contributed by atoms with Crippen molar-refractivity contribution in [1.29, 1.82) is 0 Å². The zero-order valence-corrected chi connectivity index (χ0v) is 27.6. The van der Waals surface area contributed by atoms with Gasteiger partial charge in [-0.05, 0) is 67.1 Å². The van der Waals surface area contributed by atoms with Crippen LogP contribution < -0.4 is 0 Å². The Morgan fingerprint density at radius 1 is 0.523 bits per heavy atom. The molecule has 0 aliphatic rings. The molecule has 0 fully saturated rings. The van der Waals surface area contributed by atoms with Gasteiger partial charge >= 0.3 is 0 Å². The molecule has 4 aromatic carbocycles. The summed E-state index contributed by atoms with van der Waals surface area (Å²) < 4.78 is 9.29. The molecule has 44 heavy (non-hydrogen) atoms. The van der Waals surface area contributed by atoms with E-state index in [4.69, 9.17) is 4.42 Å². The van der Waals surface area contributed by atoms with Crippen molar-refractivity contribution < 1.29 is 4.42 Å². The van der Waals surface area contributed by atoms with Crippen molar-refractivity contribution >= 4 is 76.4 Å². The third-order valence-corrected chi connectivity index (χ3v) is 10.4. The molecule has 0 aliphatic heterocycles. The van der Waals surface area contributed by atoms with Crippen molar-refractivity contribution in [3.05, 3.63) is 83.9 Å². The number of furan rings is 1. The Bertz CT molecular complexity index is 1760. The Hall–Kier alpha value is -3.36. The van der Waals surface area contributed by atoms with Gasteiger partial charge in [0.2, 0.25) is 0 Å². The van der Waals surface area contributed by atoms with Gasteiger partial charge in [-0.3, -0.25) is 0 Å². The zero-order valence-electron chi connectivity index (χ0n) is 26.8. The fourth-order valence-corrected chi connectivity index (χ4v) is 7.92. The lowest BCUT2D eigenvalue weighted by molar-refractivity contribution is 0.611. The van der Waals surface area contributed by atoms with Gasteiger partial charge in [-0.2, -0.15) is 0 Å². The van der Waals surface area contributed by atoms with Gasteiger partial charge < -0.3 is 4.42 Å². The van der Waals surface area contributed by atoms with Crippen LogP contribution in [-0.2, 0) is 0 Å². The van der Waals surface area contributed by atoms with Gasteiger partial charge in [0.25, 0.3) is 0 Å². The van der Waals surface area contributed by atoms with Crippen LogP contribution >= 0.6 is 11.3 Å². The molecule has 2 heteroatoms. The second-order valence-corrected chi connectivity index (χ2v) is 13.7. The van der Waals surface area contributed by atoms with Gasteiger partial charge in [0.1, 0.15) is 11.2 Å². The molecule has 2 aromatic heterocycles. The minimum Gasteiger partial charge on any atom is -0.455 e. The number of hydrogen-bond donors (Lipinski definition) is 0. The molecule has 0 saturated carbocycles.